The number of rotatable bonds is 13. The van der Waals surface area contributed by atoms with E-state index in [9.17, 15) is 59.7 Å². The summed E-state index contributed by atoms with van der Waals surface area (Å²) < 4.78 is 48.8. The summed E-state index contributed by atoms with van der Waals surface area (Å²) in [7, 11) is 2.76. The Balaban J connectivity index is 0.000000180. The first-order chi connectivity index (χ1) is 40.3. The van der Waals surface area contributed by atoms with Crippen LogP contribution in [0.4, 0.5) is 0 Å². The van der Waals surface area contributed by atoms with Crippen molar-refractivity contribution in [2.45, 2.75) is 138 Å². The van der Waals surface area contributed by atoms with Gasteiger partial charge in [-0.25, -0.2) is 0 Å². The number of fused-ring (bicyclic) bond motifs is 5. The van der Waals surface area contributed by atoms with Crippen LogP contribution in [-0.4, -0.2) is 151 Å². The van der Waals surface area contributed by atoms with Crippen molar-refractivity contribution in [3.63, 3.8) is 0 Å². The van der Waals surface area contributed by atoms with E-state index in [1.807, 2.05) is 49.4 Å². The van der Waals surface area contributed by atoms with E-state index in [0.29, 0.717) is 29.6 Å². The molecule has 21 heteroatoms. The summed E-state index contributed by atoms with van der Waals surface area (Å²) in [6, 6.07) is 18.1. The van der Waals surface area contributed by atoms with Crippen molar-refractivity contribution in [2.75, 3.05) is 27.4 Å². The van der Waals surface area contributed by atoms with Crippen LogP contribution in [0.5, 0.6) is 28.7 Å². The minimum Gasteiger partial charge on any atom is -0.507 e. The van der Waals surface area contributed by atoms with Gasteiger partial charge < -0.3 is 79.4 Å². The highest BCUT2D eigenvalue weighted by Gasteiger charge is 2.79. The van der Waals surface area contributed by atoms with Gasteiger partial charge in [-0.05, 0) is 79.2 Å². The fraction of sp³-hybridized carbons (Fsp3) is 0.453. The van der Waals surface area contributed by atoms with E-state index in [1.54, 1.807) is 26.0 Å². The van der Waals surface area contributed by atoms with Gasteiger partial charge in [-0.3, -0.25) is 24.0 Å². The number of aliphatic hydroxyl groups is 4. The van der Waals surface area contributed by atoms with E-state index in [2.05, 4.69) is 13.5 Å². The molecule has 0 radical (unpaired) electrons. The molecule has 21 nitrogen and oxygen atoms in total. The zero-order chi connectivity index (χ0) is 61.0. The summed E-state index contributed by atoms with van der Waals surface area (Å²) in [4.78, 5) is 66.5. The van der Waals surface area contributed by atoms with Gasteiger partial charge in [-0.15, -0.1) is 0 Å². The third kappa shape index (κ3) is 9.50. The largest absolute Gasteiger partial charge is 0.507 e. The Morgan fingerprint density at radius 2 is 1.56 bits per heavy atom. The van der Waals surface area contributed by atoms with Gasteiger partial charge in [0.05, 0.1) is 67.7 Å². The van der Waals surface area contributed by atoms with E-state index in [-0.39, 0.29) is 77.1 Å². The number of hydrogen-bond donors (Lipinski definition) is 8. The van der Waals surface area contributed by atoms with E-state index < -0.39 is 142 Å². The number of nitrogens with two attached hydrogens (primary N) is 1. The number of ether oxygens (including phenoxy) is 8. The number of aliphatic hydroxyl groups excluding tert-OH is 2. The molecule has 4 fully saturated rings. The molecular formula is C64H69NO20. The third-order valence-corrected chi connectivity index (χ3v) is 18.5. The first-order valence-electron chi connectivity index (χ1n) is 28.2. The van der Waals surface area contributed by atoms with E-state index in [4.69, 9.17) is 43.6 Å². The molecule has 8 aliphatic rings. The van der Waals surface area contributed by atoms with Crippen molar-refractivity contribution in [1.29, 1.82) is 0 Å². The quantitative estimate of drug-likeness (QED) is 0.0448. The van der Waals surface area contributed by atoms with Gasteiger partial charge in [0.2, 0.25) is 5.78 Å². The zero-order valence-corrected chi connectivity index (χ0v) is 47.8. The lowest BCUT2D eigenvalue weighted by Gasteiger charge is -2.59. The zero-order valence-electron chi connectivity index (χ0n) is 47.8. The van der Waals surface area contributed by atoms with Gasteiger partial charge in [-0.1, -0.05) is 74.2 Å². The maximum atomic E-state index is 13.8. The summed E-state index contributed by atoms with van der Waals surface area (Å²) in [6.45, 7) is 10.5. The van der Waals surface area contributed by atoms with Crippen molar-refractivity contribution in [2.24, 2.45) is 23.5 Å². The minimum atomic E-state index is -2.24. The molecule has 3 saturated heterocycles. The maximum Gasteiger partial charge on any atom is 0.310 e. The summed E-state index contributed by atoms with van der Waals surface area (Å²) in [6.07, 6.45) is -0.990. The molecule has 5 aliphatic carbocycles. The highest BCUT2D eigenvalue weighted by atomic mass is 16.9. The molecular weight excluding hydrogens is 1100 g/mol. The van der Waals surface area contributed by atoms with Crippen molar-refractivity contribution in [1.82, 2.24) is 0 Å². The van der Waals surface area contributed by atoms with Crippen molar-refractivity contribution in [3.05, 3.63) is 147 Å². The Morgan fingerprint density at radius 1 is 0.847 bits per heavy atom. The Morgan fingerprint density at radius 3 is 2.25 bits per heavy atom. The molecule has 1 saturated carbocycles. The number of Topliss-reactive ketones (excluding diaryl/α,β-unsaturated/α-hetero) is 2. The molecule has 9 N–H and O–H groups in total. The number of carbonyl (C=O) groups excluding carboxylic acids is 5. The Hall–Kier alpha value is -7.15. The minimum absolute atomic E-state index is 0.0156. The van der Waals surface area contributed by atoms with Crippen molar-refractivity contribution >= 4 is 29.1 Å². The second kappa shape index (κ2) is 21.7. The van der Waals surface area contributed by atoms with Crippen LogP contribution in [0, 0.1) is 17.8 Å². The molecule has 450 valence electrons. The van der Waals surface area contributed by atoms with Crippen LogP contribution in [0.25, 0.3) is 0 Å². The van der Waals surface area contributed by atoms with Crippen molar-refractivity contribution < 1.29 is 97.6 Å². The molecule has 3 bridgehead atoms. The molecule has 0 aromatic heterocycles. The van der Waals surface area contributed by atoms with Gasteiger partial charge in [-0.2, -0.15) is 0 Å². The van der Waals surface area contributed by atoms with Crippen LogP contribution in [-0.2, 0) is 62.1 Å². The van der Waals surface area contributed by atoms with Gasteiger partial charge in [0, 0.05) is 60.3 Å². The number of esters is 1. The van der Waals surface area contributed by atoms with E-state index >= 15 is 0 Å². The predicted molar refractivity (Wildman–Crippen MR) is 298 cm³/mol. The van der Waals surface area contributed by atoms with Crippen LogP contribution in [0.3, 0.4) is 0 Å². The maximum absolute atomic E-state index is 13.8. The normalized spacial score (nSPS) is 33.8. The fourth-order valence-corrected chi connectivity index (χ4v) is 14.5. The lowest BCUT2D eigenvalue weighted by Crippen LogP contribution is -2.70. The number of aromatic hydroxyl groups is 3. The Labute approximate surface area is 489 Å². The molecule has 85 heavy (non-hydrogen) atoms. The lowest BCUT2D eigenvalue weighted by molar-refractivity contribution is -0.421. The summed E-state index contributed by atoms with van der Waals surface area (Å²) in [5, 5.41) is 76.0. The summed E-state index contributed by atoms with van der Waals surface area (Å²) in [5.41, 5.74) is 2.13. The molecule has 0 unspecified atom stereocenters. The summed E-state index contributed by atoms with van der Waals surface area (Å²) in [5.74, 6) is -7.14. The number of phenols is 3. The number of carbonyl (C=O) groups is 5. The molecule has 0 spiro atoms. The van der Waals surface area contributed by atoms with E-state index in [0.717, 1.165) is 11.1 Å². The molecule has 4 aromatic rings. The smallest absolute Gasteiger partial charge is 0.310 e. The van der Waals surface area contributed by atoms with Crippen LogP contribution < -0.4 is 15.2 Å². The average molecular weight is 1170 g/mol. The molecule has 12 rings (SSSR count). The molecule has 4 aromatic carbocycles. The standard InChI is InChI=1S/C37H40O9.C27H29NO11/c1-21(2)35-17-23(4)37-27(33(35)44-36(45-35,46-37)19-24-9-7-6-8-10-24)14-26(18-34(41)30(37)13-22(3)32(34)40)20-43-31(39)16-25-11-12-28(38)29(15-25)42-5;1-10-22(31)13(28)6-17(38-10)39-15-8-27(36,16(30)9-29)7-12-19(15)26(35)21-20(24(12)33)23(32)11-4-3-5-14(37-2)18(11)25(21)34/h6-15,23,27,30,33,38,41H,1,16-20H2,2-5H3;3-5,10,13,15,17,22,29,31,33,35-36H,6-9,28H2,1-2H3/t23-,27+,30-,33-,34-,35-,36-,37-;10-,13-,15-,17-,22+,27-/m10/s1. The monoisotopic (exact) mass is 1170 g/mol. The number of ketones is 4. The number of hydrogen-bond acceptors (Lipinski definition) is 21. The Bertz CT molecular complexity index is 3510. The average Bonchev–Trinajstić information content (AvgIpc) is 1.55. The van der Waals surface area contributed by atoms with Crippen LogP contribution in [0.2, 0.25) is 0 Å². The molecule has 14 atom stereocenters. The molecule has 3 aliphatic heterocycles. The highest BCUT2D eigenvalue weighted by Crippen LogP contribution is 2.68. The van der Waals surface area contributed by atoms with Crippen LogP contribution in [0.15, 0.2) is 102 Å². The highest BCUT2D eigenvalue weighted by molar-refractivity contribution is 6.31. The number of phenolic OH excluding ortho intramolecular Hbond substituents is 3. The topological polar surface area (TPSA) is 327 Å². The number of benzene rings is 4. The second-order valence-corrected chi connectivity index (χ2v) is 23.8. The van der Waals surface area contributed by atoms with Crippen LogP contribution in [0.1, 0.15) is 114 Å². The lowest BCUT2D eigenvalue weighted by atomic mass is 9.55. The SMILES string of the molecule is C=C(C)[C@]12C[C@@H](C)[C@@]34O[C@](Cc5ccccc5)(O[C@@H]1[C@@H]3C=C(COC(=O)Cc1ccc(O)c(OC)c1)C[C@]1(O)C(=O)C(C)=C[C@@H]41)O2.COc1cccc2c1C(=O)c1c(O)c3c(c(O)c1C2=O)C[C@@](O)(C(=O)CO)C[C@@H]3O[C@H]1C[C@H](N)[C@H](O)[C@H](C)O1. The van der Waals surface area contributed by atoms with Gasteiger partial charge >= 0.3 is 5.97 Å². The summed E-state index contributed by atoms with van der Waals surface area (Å²) >= 11 is 0. The number of methoxy groups -OCH3 is 2. The predicted octanol–water partition coefficient (Wildman–Crippen LogP) is 4.75. The Kier molecular flexibility index (Phi) is 15.2. The molecule has 3 heterocycles. The van der Waals surface area contributed by atoms with Crippen molar-refractivity contribution in [3.8, 4) is 28.7 Å². The van der Waals surface area contributed by atoms with Gasteiger partial charge in [0.25, 0.3) is 5.97 Å². The third-order valence-electron chi connectivity index (χ3n) is 18.5. The van der Waals surface area contributed by atoms with Crippen LogP contribution >= 0.6 is 0 Å². The van der Waals surface area contributed by atoms with E-state index in [1.165, 1.54) is 38.5 Å². The van der Waals surface area contributed by atoms with Gasteiger partial charge in [0.1, 0.15) is 53.4 Å². The second-order valence-electron chi connectivity index (χ2n) is 23.8. The first kappa shape index (κ1) is 59.6. The fourth-order valence-electron chi connectivity index (χ4n) is 14.5. The first-order valence-corrected chi connectivity index (χ1v) is 28.2. The van der Waals surface area contributed by atoms with Gasteiger partial charge in [0.15, 0.2) is 35.1 Å². The molecule has 0 amide bonds.